The second kappa shape index (κ2) is 17.0. The molecule has 0 aliphatic carbocycles. The molecule has 1 nitrogen and oxygen atoms in total. The number of ether oxygens (including phenoxy) is 1. The lowest BCUT2D eigenvalue weighted by Gasteiger charge is -2.15. The molecule has 4 aromatic carbocycles. The molecule has 0 saturated carbocycles. The Bertz CT molecular complexity index is 1370. The molecular formula is C40H48F2O. The monoisotopic (exact) mass is 582 g/mol. The van der Waals surface area contributed by atoms with E-state index < -0.39 is 11.6 Å². The zero-order valence-electron chi connectivity index (χ0n) is 26.3. The molecule has 0 N–H and O–H groups in total. The van der Waals surface area contributed by atoms with Crippen molar-refractivity contribution in [3.63, 3.8) is 0 Å². The Labute approximate surface area is 258 Å². The van der Waals surface area contributed by atoms with E-state index >= 15 is 8.78 Å². The predicted octanol–water partition coefficient (Wildman–Crippen LogP) is 12.6. The van der Waals surface area contributed by atoms with E-state index in [4.69, 9.17) is 4.74 Å². The third kappa shape index (κ3) is 9.51. The highest BCUT2D eigenvalue weighted by atomic mass is 19.2. The SMILES string of the molecule is CCCCCCCCc1ccc(-c2ccc(-c3ccc(-c4ccc(OC(C)CCCCCC)cc4)c(F)c3F)cc2)cc1. The molecule has 0 aromatic heterocycles. The van der Waals surface area contributed by atoms with Gasteiger partial charge in [0.15, 0.2) is 11.6 Å². The molecule has 0 fully saturated rings. The van der Waals surface area contributed by atoms with Gasteiger partial charge in [-0.1, -0.05) is 138 Å². The Morgan fingerprint density at radius 2 is 0.953 bits per heavy atom. The summed E-state index contributed by atoms with van der Waals surface area (Å²) in [6, 6.07) is 27.0. The van der Waals surface area contributed by atoms with Gasteiger partial charge in [0.05, 0.1) is 6.10 Å². The number of unbranched alkanes of at least 4 members (excludes halogenated alkanes) is 8. The third-order valence-electron chi connectivity index (χ3n) is 8.35. The van der Waals surface area contributed by atoms with Crippen molar-refractivity contribution in [1.82, 2.24) is 0 Å². The van der Waals surface area contributed by atoms with Crippen LogP contribution in [-0.4, -0.2) is 6.10 Å². The van der Waals surface area contributed by atoms with Gasteiger partial charge in [-0.15, -0.1) is 0 Å². The molecule has 3 heteroatoms. The maximum atomic E-state index is 15.3. The molecule has 0 aliphatic rings. The van der Waals surface area contributed by atoms with Crippen LogP contribution in [0.5, 0.6) is 5.75 Å². The van der Waals surface area contributed by atoms with Crippen LogP contribution in [0.2, 0.25) is 0 Å². The average molecular weight is 583 g/mol. The Kier molecular flexibility index (Phi) is 12.8. The minimum Gasteiger partial charge on any atom is -0.491 e. The Hall–Kier alpha value is -3.46. The van der Waals surface area contributed by atoms with Crippen molar-refractivity contribution in [2.24, 2.45) is 0 Å². The van der Waals surface area contributed by atoms with Crippen molar-refractivity contribution >= 4 is 0 Å². The van der Waals surface area contributed by atoms with E-state index in [2.05, 4.69) is 45.0 Å². The van der Waals surface area contributed by atoms with Gasteiger partial charge in [-0.05, 0) is 72.6 Å². The first-order valence-electron chi connectivity index (χ1n) is 16.4. The highest BCUT2D eigenvalue weighted by Gasteiger charge is 2.16. The van der Waals surface area contributed by atoms with E-state index in [-0.39, 0.29) is 17.2 Å². The fourth-order valence-electron chi connectivity index (χ4n) is 5.67. The normalized spacial score (nSPS) is 11.9. The minimum atomic E-state index is -0.833. The van der Waals surface area contributed by atoms with E-state index in [9.17, 15) is 0 Å². The molecule has 0 heterocycles. The number of hydrogen-bond donors (Lipinski definition) is 0. The standard InChI is InChI=1S/C40H48F2O/c1-4-6-8-10-11-13-15-31-16-18-32(19-17-31)33-20-22-34(23-21-33)37-28-29-38(40(42)39(37)41)35-24-26-36(27-25-35)43-30(3)14-12-9-7-5-2/h16-30H,4-15H2,1-3H3. The van der Waals surface area contributed by atoms with Gasteiger partial charge < -0.3 is 4.74 Å². The predicted molar refractivity (Wildman–Crippen MR) is 179 cm³/mol. The zero-order chi connectivity index (χ0) is 30.4. The van der Waals surface area contributed by atoms with E-state index in [0.717, 1.165) is 36.1 Å². The van der Waals surface area contributed by atoms with Crippen LogP contribution in [0.15, 0.2) is 84.9 Å². The zero-order valence-corrected chi connectivity index (χ0v) is 26.3. The average Bonchev–Trinajstić information content (AvgIpc) is 3.03. The summed E-state index contributed by atoms with van der Waals surface area (Å²) in [5, 5.41) is 0. The van der Waals surface area contributed by atoms with Crippen molar-refractivity contribution in [3.8, 4) is 39.1 Å². The second-order valence-corrected chi connectivity index (χ2v) is 11.9. The Balaban J connectivity index is 1.36. The number of benzene rings is 4. The second-order valence-electron chi connectivity index (χ2n) is 11.9. The van der Waals surface area contributed by atoms with Crippen LogP contribution in [0.3, 0.4) is 0 Å². The molecule has 1 unspecified atom stereocenters. The maximum Gasteiger partial charge on any atom is 0.167 e. The molecule has 0 saturated heterocycles. The molecule has 0 spiro atoms. The van der Waals surface area contributed by atoms with Crippen molar-refractivity contribution in [1.29, 1.82) is 0 Å². The smallest absolute Gasteiger partial charge is 0.167 e. The summed E-state index contributed by atoms with van der Waals surface area (Å²) < 4.78 is 36.6. The highest BCUT2D eigenvalue weighted by molar-refractivity contribution is 5.74. The molecular weight excluding hydrogens is 534 g/mol. The number of hydrogen-bond acceptors (Lipinski definition) is 1. The first-order chi connectivity index (χ1) is 21.0. The van der Waals surface area contributed by atoms with Crippen LogP contribution in [-0.2, 0) is 6.42 Å². The van der Waals surface area contributed by atoms with Gasteiger partial charge in [0, 0.05) is 11.1 Å². The lowest BCUT2D eigenvalue weighted by molar-refractivity contribution is 0.206. The van der Waals surface area contributed by atoms with Crippen molar-refractivity contribution < 1.29 is 13.5 Å². The molecule has 228 valence electrons. The van der Waals surface area contributed by atoms with Gasteiger partial charge in [-0.2, -0.15) is 0 Å². The van der Waals surface area contributed by atoms with Gasteiger partial charge in [0.2, 0.25) is 0 Å². The van der Waals surface area contributed by atoms with Gasteiger partial charge in [0.1, 0.15) is 5.75 Å². The van der Waals surface area contributed by atoms with E-state index in [1.54, 1.807) is 24.3 Å². The Morgan fingerprint density at radius 3 is 1.51 bits per heavy atom. The Morgan fingerprint density at radius 1 is 0.512 bits per heavy atom. The van der Waals surface area contributed by atoms with Crippen molar-refractivity contribution in [2.45, 2.75) is 104 Å². The lowest BCUT2D eigenvalue weighted by Crippen LogP contribution is -2.11. The largest absolute Gasteiger partial charge is 0.491 e. The van der Waals surface area contributed by atoms with Crippen LogP contribution in [0, 0.1) is 11.6 Å². The van der Waals surface area contributed by atoms with E-state index in [1.165, 1.54) is 63.4 Å². The molecule has 4 aromatic rings. The number of aryl methyl sites for hydroxylation is 1. The van der Waals surface area contributed by atoms with E-state index in [0.29, 0.717) is 11.1 Å². The quantitative estimate of drug-likeness (QED) is 0.113. The molecule has 4 rings (SSSR count). The number of rotatable bonds is 17. The van der Waals surface area contributed by atoms with Gasteiger partial charge >= 0.3 is 0 Å². The summed E-state index contributed by atoms with van der Waals surface area (Å²) in [5.41, 5.74) is 5.34. The van der Waals surface area contributed by atoms with Gasteiger partial charge in [0.25, 0.3) is 0 Å². The molecule has 1 atom stereocenters. The van der Waals surface area contributed by atoms with Crippen LogP contribution in [0.4, 0.5) is 8.78 Å². The summed E-state index contributed by atoms with van der Waals surface area (Å²) in [4.78, 5) is 0. The van der Waals surface area contributed by atoms with Crippen LogP contribution in [0.1, 0.15) is 97.0 Å². The summed E-state index contributed by atoms with van der Waals surface area (Å²) in [6.07, 6.45) is 14.9. The fraction of sp³-hybridized carbons (Fsp3) is 0.400. The molecule has 0 aliphatic heterocycles. The van der Waals surface area contributed by atoms with Crippen molar-refractivity contribution in [3.05, 3.63) is 102 Å². The first kappa shape index (κ1) is 32.5. The maximum absolute atomic E-state index is 15.3. The minimum absolute atomic E-state index is 0.122. The first-order valence-corrected chi connectivity index (χ1v) is 16.4. The summed E-state index contributed by atoms with van der Waals surface area (Å²) in [7, 11) is 0. The summed E-state index contributed by atoms with van der Waals surface area (Å²) in [5.74, 6) is -0.914. The highest BCUT2D eigenvalue weighted by Crippen LogP contribution is 2.33. The van der Waals surface area contributed by atoms with Crippen LogP contribution >= 0.6 is 0 Å². The van der Waals surface area contributed by atoms with Crippen LogP contribution < -0.4 is 4.74 Å². The van der Waals surface area contributed by atoms with Gasteiger partial charge in [-0.3, -0.25) is 0 Å². The fourth-order valence-corrected chi connectivity index (χ4v) is 5.67. The summed E-state index contributed by atoms with van der Waals surface area (Å²) >= 11 is 0. The molecule has 43 heavy (non-hydrogen) atoms. The number of halogens is 2. The molecule has 0 amide bonds. The topological polar surface area (TPSA) is 9.23 Å². The molecule has 0 bridgehead atoms. The summed E-state index contributed by atoms with van der Waals surface area (Å²) in [6.45, 7) is 6.53. The molecule has 0 radical (unpaired) electrons. The van der Waals surface area contributed by atoms with E-state index in [1.807, 2.05) is 36.4 Å². The van der Waals surface area contributed by atoms with Crippen LogP contribution in [0.25, 0.3) is 33.4 Å². The van der Waals surface area contributed by atoms with Crippen molar-refractivity contribution in [2.75, 3.05) is 0 Å². The van der Waals surface area contributed by atoms with Gasteiger partial charge in [-0.25, -0.2) is 8.78 Å². The third-order valence-corrected chi connectivity index (χ3v) is 8.35. The lowest BCUT2D eigenvalue weighted by atomic mass is 9.96.